The zero-order valence-corrected chi connectivity index (χ0v) is 16.2. The standard InChI is InChI=1S/C22H27NO4/c1-15-6-7-16(2)21(13-15)27-17(3)22(24)23-18-8-10-19(11-9-18)26-14-20-5-4-12-25-20/h6-11,13,17,20H,4-5,12,14H2,1-3H3,(H,23,24)/t17-,20+/m1/s1. The van der Waals surface area contributed by atoms with Gasteiger partial charge in [-0.15, -0.1) is 0 Å². The molecule has 3 rings (SSSR count). The van der Waals surface area contributed by atoms with E-state index in [1.54, 1.807) is 6.92 Å². The van der Waals surface area contributed by atoms with Gasteiger partial charge in [-0.2, -0.15) is 0 Å². The maximum absolute atomic E-state index is 12.4. The van der Waals surface area contributed by atoms with Crippen LogP contribution in [-0.2, 0) is 9.53 Å². The molecule has 5 nitrogen and oxygen atoms in total. The lowest BCUT2D eigenvalue weighted by Crippen LogP contribution is -2.30. The molecule has 1 amide bonds. The Hall–Kier alpha value is -2.53. The number of anilines is 1. The summed E-state index contributed by atoms with van der Waals surface area (Å²) in [6.07, 6.45) is 1.74. The van der Waals surface area contributed by atoms with Gasteiger partial charge in [0.1, 0.15) is 18.1 Å². The number of amides is 1. The maximum Gasteiger partial charge on any atom is 0.265 e. The molecule has 27 heavy (non-hydrogen) atoms. The number of carbonyl (C=O) groups is 1. The summed E-state index contributed by atoms with van der Waals surface area (Å²) in [6, 6.07) is 13.3. The number of hydrogen-bond acceptors (Lipinski definition) is 4. The van der Waals surface area contributed by atoms with Crippen LogP contribution in [0.1, 0.15) is 30.9 Å². The summed E-state index contributed by atoms with van der Waals surface area (Å²) in [7, 11) is 0. The van der Waals surface area contributed by atoms with Crippen LogP contribution < -0.4 is 14.8 Å². The molecule has 5 heteroatoms. The van der Waals surface area contributed by atoms with Crippen molar-refractivity contribution in [1.29, 1.82) is 0 Å². The second-order valence-electron chi connectivity index (χ2n) is 6.99. The van der Waals surface area contributed by atoms with E-state index in [0.717, 1.165) is 42.1 Å². The maximum atomic E-state index is 12.4. The number of aryl methyl sites for hydroxylation is 2. The highest BCUT2D eigenvalue weighted by Crippen LogP contribution is 2.22. The SMILES string of the molecule is Cc1ccc(C)c(O[C@H](C)C(=O)Nc2ccc(OC[C@@H]3CCCO3)cc2)c1. The van der Waals surface area contributed by atoms with Crippen LogP contribution in [0.25, 0.3) is 0 Å². The van der Waals surface area contributed by atoms with Gasteiger partial charge >= 0.3 is 0 Å². The van der Waals surface area contributed by atoms with Crippen molar-refractivity contribution in [3.8, 4) is 11.5 Å². The van der Waals surface area contributed by atoms with E-state index in [1.165, 1.54) is 0 Å². The lowest BCUT2D eigenvalue weighted by atomic mass is 10.1. The fraction of sp³-hybridized carbons (Fsp3) is 0.409. The highest BCUT2D eigenvalue weighted by molar-refractivity contribution is 5.94. The van der Waals surface area contributed by atoms with Crippen molar-refractivity contribution in [3.63, 3.8) is 0 Å². The third-order valence-electron chi connectivity index (χ3n) is 4.60. The minimum atomic E-state index is -0.596. The Morgan fingerprint density at radius 2 is 2.00 bits per heavy atom. The zero-order chi connectivity index (χ0) is 19.2. The average Bonchev–Trinajstić information content (AvgIpc) is 3.17. The largest absolute Gasteiger partial charge is 0.491 e. The fourth-order valence-electron chi connectivity index (χ4n) is 2.92. The van der Waals surface area contributed by atoms with E-state index in [9.17, 15) is 4.79 Å². The van der Waals surface area contributed by atoms with E-state index >= 15 is 0 Å². The van der Waals surface area contributed by atoms with Gasteiger partial charge in [0.2, 0.25) is 0 Å². The number of hydrogen-bond donors (Lipinski definition) is 1. The minimum Gasteiger partial charge on any atom is -0.491 e. The van der Waals surface area contributed by atoms with Gasteiger partial charge in [-0.1, -0.05) is 12.1 Å². The molecule has 0 spiro atoms. The van der Waals surface area contributed by atoms with Crippen molar-refractivity contribution < 1.29 is 19.0 Å². The Kier molecular flexibility index (Phi) is 6.35. The van der Waals surface area contributed by atoms with Crippen LogP contribution in [0.2, 0.25) is 0 Å². The summed E-state index contributed by atoms with van der Waals surface area (Å²) in [4.78, 5) is 12.4. The Bertz CT molecular complexity index is 766. The van der Waals surface area contributed by atoms with Gasteiger partial charge in [-0.25, -0.2) is 0 Å². The molecule has 1 heterocycles. The quantitative estimate of drug-likeness (QED) is 0.792. The molecule has 1 N–H and O–H groups in total. The van der Waals surface area contributed by atoms with Crippen LogP contribution >= 0.6 is 0 Å². The second-order valence-corrected chi connectivity index (χ2v) is 6.99. The first kappa shape index (κ1) is 19.2. The van der Waals surface area contributed by atoms with Crippen molar-refractivity contribution >= 4 is 11.6 Å². The van der Waals surface area contributed by atoms with Crippen LogP contribution in [0.5, 0.6) is 11.5 Å². The normalized spacial score (nSPS) is 17.4. The topological polar surface area (TPSA) is 56.8 Å². The van der Waals surface area contributed by atoms with Crippen LogP contribution in [0.15, 0.2) is 42.5 Å². The Balaban J connectivity index is 1.51. The molecular formula is C22H27NO4. The first-order valence-electron chi connectivity index (χ1n) is 9.40. The van der Waals surface area contributed by atoms with Crippen LogP contribution in [0.3, 0.4) is 0 Å². The molecule has 1 aliphatic heterocycles. The molecule has 0 unspecified atom stereocenters. The van der Waals surface area contributed by atoms with Gasteiger partial charge in [0.25, 0.3) is 5.91 Å². The van der Waals surface area contributed by atoms with Gasteiger partial charge in [0, 0.05) is 12.3 Å². The van der Waals surface area contributed by atoms with Crippen molar-refractivity contribution in [2.45, 2.75) is 45.8 Å². The van der Waals surface area contributed by atoms with E-state index < -0.39 is 6.10 Å². The van der Waals surface area contributed by atoms with Gasteiger partial charge in [0.15, 0.2) is 6.10 Å². The van der Waals surface area contributed by atoms with E-state index in [-0.39, 0.29) is 12.0 Å². The number of carbonyl (C=O) groups excluding carboxylic acids is 1. The molecule has 1 saturated heterocycles. The Morgan fingerprint density at radius 1 is 1.22 bits per heavy atom. The smallest absolute Gasteiger partial charge is 0.265 e. The summed E-state index contributed by atoms with van der Waals surface area (Å²) in [5.41, 5.74) is 2.82. The van der Waals surface area contributed by atoms with Crippen LogP contribution in [-0.4, -0.2) is 31.3 Å². The van der Waals surface area contributed by atoms with Gasteiger partial charge < -0.3 is 19.5 Å². The lowest BCUT2D eigenvalue weighted by Gasteiger charge is -2.17. The van der Waals surface area contributed by atoms with Crippen LogP contribution in [0, 0.1) is 13.8 Å². The van der Waals surface area contributed by atoms with Gasteiger partial charge in [0.05, 0.1) is 6.10 Å². The van der Waals surface area contributed by atoms with E-state index in [4.69, 9.17) is 14.2 Å². The number of benzene rings is 2. The van der Waals surface area contributed by atoms with Gasteiger partial charge in [-0.05, 0) is 75.1 Å². The lowest BCUT2D eigenvalue weighted by molar-refractivity contribution is -0.122. The minimum absolute atomic E-state index is 0.187. The number of rotatable bonds is 7. The molecule has 1 aliphatic rings. The molecule has 0 bridgehead atoms. The fourth-order valence-corrected chi connectivity index (χ4v) is 2.92. The Labute approximate surface area is 160 Å². The predicted molar refractivity (Wildman–Crippen MR) is 106 cm³/mol. The highest BCUT2D eigenvalue weighted by atomic mass is 16.5. The van der Waals surface area contributed by atoms with Crippen molar-refractivity contribution in [2.24, 2.45) is 0 Å². The van der Waals surface area contributed by atoms with Crippen LogP contribution in [0.4, 0.5) is 5.69 Å². The first-order chi connectivity index (χ1) is 13.0. The summed E-state index contributed by atoms with van der Waals surface area (Å²) >= 11 is 0. The summed E-state index contributed by atoms with van der Waals surface area (Å²) in [6.45, 7) is 7.10. The third-order valence-corrected chi connectivity index (χ3v) is 4.60. The number of ether oxygens (including phenoxy) is 3. The second kappa shape index (κ2) is 8.91. The summed E-state index contributed by atoms with van der Waals surface area (Å²) in [5.74, 6) is 1.31. The average molecular weight is 369 g/mol. The van der Waals surface area contributed by atoms with Crippen molar-refractivity contribution in [2.75, 3.05) is 18.5 Å². The molecule has 2 aromatic carbocycles. The summed E-state index contributed by atoms with van der Waals surface area (Å²) < 4.78 is 17.1. The van der Waals surface area contributed by atoms with Crippen molar-refractivity contribution in [1.82, 2.24) is 0 Å². The molecular weight excluding hydrogens is 342 g/mol. The molecule has 0 aliphatic carbocycles. The Morgan fingerprint density at radius 3 is 2.70 bits per heavy atom. The van der Waals surface area contributed by atoms with E-state index in [2.05, 4.69) is 5.32 Å². The highest BCUT2D eigenvalue weighted by Gasteiger charge is 2.17. The molecule has 2 atom stereocenters. The van der Waals surface area contributed by atoms with E-state index in [1.807, 2.05) is 56.3 Å². The first-order valence-corrected chi connectivity index (χ1v) is 9.40. The molecule has 1 fully saturated rings. The molecule has 144 valence electrons. The molecule has 0 radical (unpaired) electrons. The van der Waals surface area contributed by atoms with Gasteiger partial charge in [-0.3, -0.25) is 4.79 Å². The molecule has 2 aromatic rings. The van der Waals surface area contributed by atoms with Crippen molar-refractivity contribution in [3.05, 3.63) is 53.6 Å². The molecule has 0 saturated carbocycles. The third kappa shape index (κ3) is 5.47. The number of nitrogens with one attached hydrogen (secondary N) is 1. The molecule has 0 aromatic heterocycles. The predicted octanol–water partition coefficient (Wildman–Crippen LogP) is 4.27. The monoisotopic (exact) mass is 369 g/mol. The zero-order valence-electron chi connectivity index (χ0n) is 16.2. The van der Waals surface area contributed by atoms with E-state index in [0.29, 0.717) is 12.3 Å². The summed E-state index contributed by atoms with van der Waals surface area (Å²) in [5, 5.41) is 2.88.